The summed E-state index contributed by atoms with van der Waals surface area (Å²) >= 11 is 0. The Bertz CT molecular complexity index is 1360. The van der Waals surface area contributed by atoms with E-state index < -0.39 is 0 Å². The first-order chi connectivity index (χ1) is 12.6. The summed E-state index contributed by atoms with van der Waals surface area (Å²) in [6.07, 6.45) is 3.21. The number of fused-ring (bicyclic) bond motifs is 4. The number of aryl methyl sites for hydroxylation is 1. The molecule has 0 unspecified atom stereocenters. The summed E-state index contributed by atoms with van der Waals surface area (Å²) in [5.74, 6) is 0.571. The van der Waals surface area contributed by atoms with Crippen LogP contribution in [0.1, 0.15) is 0 Å². The fourth-order valence-electron chi connectivity index (χ4n) is 3.05. The van der Waals surface area contributed by atoms with Crippen molar-refractivity contribution < 1.29 is 0 Å². The van der Waals surface area contributed by atoms with Crippen molar-refractivity contribution in [1.82, 2.24) is 34.2 Å². The number of imidazole rings is 2. The summed E-state index contributed by atoms with van der Waals surface area (Å²) in [6.45, 7) is 0. The molecule has 4 aromatic heterocycles. The molecule has 0 aliphatic carbocycles. The van der Waals surface area contributed by atoms with Gasteiger partial charge in [0.2, 0.25) is 11.9 Å². The average molecular weight is 347 g/mol. The minimum absolute atomic E-state index is 0.0226. The second-order valence-corrected chi connectivity index (χ2v) is 5.85. The van der Waals surface area contributed by atoms with Crippen LogP contribution in [0, 0.1) is 0 Å². The van der Waals surface area contributed by atoms with E-state index >= 15 is 0 Å². The fraction of sp³-hybridized carbons (Fsp3) is 0.0625. The average Bonchev–Trinajstić information content (AvgIpc) is 3.17. The molecule has 0 aliphatic rings. The Balaban J connectivity index is 1.70. The van der Waals surface area contributed by atoms with Crippen molar-refractivity contribution >= 4 is 45.0 Å². The Morgan fingerprint density at radius 1 is 1.19 bits per heavy atom. The number of anilines is 2. The second-order valence-electron chi connectivity index (χ2n) is 5.85. The zero-order valence-electron chi connectivity index (χ0n) is 13.6. The van der Waals surface area contributed by atoms with Gasteiger partial charge in [-0.25, -0.2) is 14.6 Å². The number of nitrogen functional groups attached to an aromatic ring is 1. The van der Waals surface area contributed by atoms with E-state index in [1.165, 1.54) is 11.0 Å². The molecule has 0 radical (unpaired) electrons. The van der Waals surface area contributed by atoms with Gasteiger partial charge < -0.3 is 10.3 Å². The van der Waals surface area contributed by atoms with E-state index in [0.717, 1.165) is 21.9 Å². The molecule has 0 aliphatic heterocycles. The monoisotopic (exact) mass is 347 g/mol. The predicted octanol–water partition coefficient (Wildman–Crippen LogP) is 1.01. The highest BCUT2D eigenvalue weighted by atomic mass is 16.1. The van der Waals surface area contributed by atoms with Crippen molar-refractivity contribution in [2.45, 2.75) is 0 Å². The normalized spacial score (nSPS) is 11.6. The highest BCUT2D eigenvalue weighted by Gasteiger charge is 2.14. The quantitative estimate of drug-likeness (QED) is 0.434. The van der Waals surface area contributed by atoms with Gasteiger partial charge >= 0.3 is 0 Å². The number of nitrogens with one attached hydrogen (secondary N) is 2. The summed E-state index contributed by atoms with van der Waals surface area (Å²) in [4.78, 5) is 31.8. The Labute approximate surface area is 145 Å². The van der Waals surface area contributed by atoms with Crippen molar-refractivity contribution in [2.75, 3.05) is 11.2 Å². The van der Waals surface area contributed by atoms with Crippen LogP contribution in [0.3, 0.4) is 0 Å². The molecule has 1 aromatic carbocycles. The maximum absolute atomic E-state index is 12.2. The van der Waals surface area contributed by atoms with Gasteiger partial charge in [0.05, 0.1) is 11.0 Å². The standard InChI is InChI=1S/C16H13N9O/c1-24-10-5-4-9-8(3-2-6-18-9)11(10)20-16(24)23-25-7-19-13-12(25)14(26)22-15(17)21-13/h2-7H,1H3,(H,20,23)(H3,17,21,22,26). The van der Waals surface area contributed by atoms with Crippen molar-refractivity contribution in [3.63, 3.8) is 0 Å². The van der Waals surface area contributed by atoms with Crippen LogP contribution in [-0.2, 0) is 7.05 Å². The molecule has 10 nitrogen and oxygen atoms in total. The first kappa shape index (κ1) is 14.4. The van der Waals surface area contributed by atoms with Gasteiger partial charge in [-0.2, -0.15) is 4.98 Å². The molecule has 26 heavy (non-hydrogen) atoms. The van der Waals surface area contributed by atoms with Gasteiger partial charge in [0.15, 0.2) is 11.2 Å². The van der Waals surface area contributed by atoms with Crippen LogP contribution in [0.5, 0.6) is 0 Å². The van der Waals surface area contributed by atoms with E-state index in [4.69, 9.17) is 5.73 Å². The van der Waals surface area contributed by atoms with Crippen molar-refractivity contribution in [1.29, 1.82) is 0 Å². The van der Waals surface area contributed by atoms with Gasteiger partial charge in [0, 0.05) is 18.6 Å². The molecule has 128 valence electrons. The number of nitrogens with zero attached hydrogens (tertiary/aromatic N) is 6. The van der Waals surface area contributed by atoms with Crippen LogP contribution in [0.4, 0.5) is 11.9 Å². The molecule has 0 bridgehead atoms. The maximum atomic E-state index is 12.2. The molecule has 0 spiro atoms. The molecule has 4 N–H and O–H groups in total. The van der Waals surface area contributed by atoms with Crippen LogP contribution in [0.15, 0.2) is 41.6 Å². The van der Waals surface area contributed by atoms with E-state index in [0.29, 0.717) is 5.95 Å². The largest absolute Gasteiger partial charge is 0.369 e. The van der Waals surface area contributed by atoms with Gasteiger partial charge in [0.1, 0.15) is 11.8 Å². The highest BCUT2D eigenvalue weighted by molar-refractivity contribution is 6.03. The minimum Gasteiger partial charge on any atom is -0.369 e. The summed E-state index contributed by atoms with van der Waals surface area (Å²) < 4.78 is 3.37. The number of aromatic nitrogens is 7. The van der Waals surface area contributed by atoms with Crippen LogP contribution < -0.4 is 16.7 Å². The van der Waals surface area contributed by atoms with Crippen molar-refractivity contribution in [3.05, 3.63) is 47.1 Å². The van der Waals surface area contributed by atoms with Gasteiger partial charge in [-0.1, -0.05) is 0 Å². The van der Waals surface area contributed by atoms with Gasteiger partial charge in [-0.3, -0.25) is 20.2 Å². The lowest BCUT2D eigenvalue weighted by molar-refractivity contribution is 0.879. The summed E-state index contributed by atoms with van der Waals surface area (Å²) in [6, 6.07) is 7.77. The third-order valence-electron chi connectivity index (χ3n) is 4.28. The van der Waals surface area contributed by atoms with E-state index in [1.54, 1.807) is 6.20 Å². The van der Waals surface area contributed by atoms with Crippen LogP contribution in [0.25, 0.3) is 33.1 Å². The predicted molar refractivity (Wildman–Crippen MR) is 97.6 cm³/mol. The number of benzene rings is 1. The molecular weight excluding hydrogens is 334 g/mol. The first-order valence-electron chi connectivity index (χ1n) is 7.82. The number of rotatable bonds is 2. The Kier molecular flexibility index (Phi) is 2.78. The summed E-state index contributed by atoms with van der Waals surface area (Å²) in [7, 11) is 1.89. The van der Waals surface area contributed by atoms with Crippen LogP contribution in [0.2, 0.25) is 0 Å². The summed E-state index contributed by atoms with van der Waals surface area (Å²) in [5.41, 5.74) is 11.4. The minimum atomic E-state index is -0.383. The Morgan fingerprint density at radius 3 is 2.96 bits per heavy atom. The number of aromatic amines is 1. The van der Waals surface area contributed by atoms with E-state index in [9.17, 15) is 4.79 Å². The highest BCUT2D eigenvalue weighted by Crippen LogP contribution is 2.26. The maximum Gasteiger partial charge on any atom is 0.280 e. The number of H-pyrrole nitrogens is 1. The first-order valence-corrected chi connectivity index (χ1v) is 7.82. The zero-order valence-corrected chi connectivity index (χ0v) is 13.6. The molecule has 0 atom stereocenters. The Morgan fingerprint density at radius 2 is 2.08 bits per heavy atom. The van der Waals surface area contributed by atoms with E-state index in [2.05, 4.69) is 30.3 Å². The van der Waals surface area contributed by atoms with Crippen molar-refractivity contribution in [2.24, 2.45) is 7.05 Å². The van der Waals surface area contributed by atoms with Crippen LogP contribution in [-0.4, -0.2) is 34.2 Å². The molecule has 5 rings (SSSR count). The number of hydrogen-bond donors (Lipinski definition) is 3. The number of hydrogen-bond acceptors (Lipinski definition) is 7. The molecule has 10 heteroatoms. The molecule has 0 amide bonds. The SMILES string of the molecule is Cn1c(Nn2cnc3nc(N)[nH]c(=O)c32)nc2c3cccnc3ccc21. The molecule has 5 aromatic rings. The van der Waals surface area contributed by atoms with Gasteiger partial charge in [-0.05, 0) is 24.3 Å². The summed E-state index contributed by atoms with van der Waals surface area (Å²) in [5, 5.41) is 0.955. The van der Waals surface area contributed by atoms with Gasteiger partial charge in [-0.15, -0.1) is 0 Å². The van der Waals surface area contributed by atoms with Crippen LogP contribution >= 0.6 is 0 Å². The van der Waals surface area contributed by atoms with E-state index in [-0.39, 0.29) is 22.7 Å². The van der Waals surface area contributed by atoms with Crippen molar-refractivity contribution in [3.8, 4) is 0 Å². The number of pyridine rings is 1. The Hall–Kier alpha value is -3.95. The molecule has 0 saturated heterocycles. The topological polar surface area (TPSA) is 132 Å². The molecule has 0 saturated carbocycles. The third kappa shape index (κ3) is 1.95. The third-order valence-corrected chi connectivity index (χ3v) is 4.28. The lowest BCUT2D eigenvalue weighted by Gasteiger charge is -2.07. The molecule has 4 heterocycles. The zero-order chi connectivity index (χ0) is 17.8. The molecule has 0 fully saturated rings. The van der Waals surface area contributed by atoms with E-state index in [1.807, 2.05) is 35.9 Å². The lowest BCUT2D eigenvalue weighted by Crippen LogP contribution is -2.19. The number of nitrogens with two attached hydrogens (primary N) is 1. The lowest BCUT2D eigenvalue weighted by atomic mass is 10.2. The smallest absolute Gasteiger partial charge is 0.280 e. The fourth-order valence-corrected chi connectivity index (χ4v) is 3.05. The molecular formula is C16H13N9O. The second kappa shape index (κ2) is 5.02. The van der Waals surface area contributed by atoms with Gasteiger partial charge in [0.25, 0.3) is 5.56 Å².